The summed E-state index contributed by atoms with van der Waals surface area (Å²) in [4.78, 5) is 35.1. The van der Waals surface area contributed by atoms with Crippen molar-refractivity contribution in [1.82, 2.24) is 4.57 Å². The zero-order valence-electron chi connectivity index (χ0n) is 22.7. The largest absolute Gasteiger partial charge is 0.497 e. The topological polar surface area (TPSA) is 95.5 Å². The zero-order chi connectivity index (χ0) is 28.3. The van der Waals surface area contributed by atoms with E-state index in [-0.39, 0.29) is 17.7 Å². The molecule has 41 heavy (non-hydrogen) atoms. The normalized spacial score (nSPS) is 17.3. The number of carbonyl (C=O) groups excluding carboxylic acids is 1. The zero-order valence-corrected chi connectivity index (χ0v) is 23.6. The fourth-order valence-electron chi connectivity index (χ4n) is 5.07. The van der Waals surface area contributed by atoms with Crippen LogP contribution in [-0.4, -0.2) is 50.6 Å². The second-order valence-corrected chi connectivity index (χ2v) is 10.5. The van der Waals surface area contributed by atoms with Crippen molar-refractivity contribution < 1.29 is 23.4 Å². The molecule has 0 spiro atoms. The average Bonchev–Trinajstić information content (AvgIpc) is 3.61. The first-order valence-corrected chi connectivity index (χ1v) is 14.2. The Morgan fingerprint density at radius 3 is 2.66 bits per heavy atom. The van der Waals surface area contributed by atoms with Gasteiger partial charge < -0.3 is 23.5 Å². The second-order valence-electron chi connectivity index (χ2n) is 9.48. The van der Waals surface area contributed by atoms with E-state index in [1.54, 1.807) is 24.7 Å². The minimum absolute atomic E-state index is 0.184. The lowest BCUT2D eigenvalue weighted by Gasteiger charge is -2.26. The first kappa shape index (κ1) is 26.8. The van der Waals surface area contributed by atoms with Crippen molar-refractivity contribution >= 4 is 35.0 Å². The Morgan fingerprint density at radius 2 is 1.90 bits per heavy atom. The Kier molecular flexibility index (Phi) is 7.58. The number of hydrogen-bond acceptors (Lipinski definition) is 9. The van der Waals surface area contributed by atoms with Crippen LogP contribution in [0.3, 0.4) is 0 Å². The maximum Gasteiger partial charge on any atom is 0.338 e. The van der Waals surface area contributed by atoms with Crippen LogP contribution in [0.1, 0.15) is 29.9 Å². The lowest BCUT2D eigenvalue weighted by Crippen LogP contribution is -2.40. The van der Waals surface area contributed by atoms with E-state index < -0.39 is 12.0 Å². The molecule has 4 aromatic rings. The van der Waals surface area contributed by atoms with Gasteiger partial charge >= 0.3 is 5.97 Å². The van der Waals surface area contributed by atoms with Crippen LogP contribution < -0.4 is 24.5 Å². The van der Waals surface area contributed by atoms with Crippen molar-refractivity contribution in [2.75, 3.05) is 44.9 Å². The van der Waals surface area contributed by atoms with Gasteiger partial charge in [-0.2, -0.15) is 0 Å². The van der Waals surface area contributed by atoms with Crippen LogP contribution in [0, 0.1) is 0 Å². The van der Waals surface area contributed by atoms with E-state index in [2.05, 4.69) is 4.90 Å². The second kappa shape index (κ2) is 11.6. The fourth-order valence-corrected chi connectivity index (χ4v) is 6.05. The summed E-state index contributed by atoms with van der Waals surface area (Å²) in [5.74, 6) is 1.37. The first-order chi connectivity index (χ1) is 20.1. The number of nitrogens with zero attached hydrogens (tertiary/aromatic N) is 3. The number of methoxy groups -OCH3 is 1. The molecule has 1 atom stereocenters. The number of anilines is 1. The number of fused-ring (bicyclic) bond motifs is 1. The third kappa shape index (κ3) is 5.23. The average molecular weight is 572 g/mol. The van der Waals surface area contributed by atoms with E-state index in [0.29, 0.717) is 45.3 Å². The van der Waals surface area contributed by atoms with Gasteiger partial charge in [-0.3, -0.25) is 9.36 Å². The Bertz CT molecular complexity index is 1780. The number of esters is 1. The fraction of sp³-hybridized carbons (Fsp3) is 0.258. The monoisotopic (exact) mass is 571 g/mol. The maximum absolute atomic E-state index is 14.0. The predicted octanol–water partition coefficient (Wildman–Crippen LogP) is 3.37. The Morgan fingerprint density at radius 1 is 1.10 bits per heavy atom. The van der Waals surface area contributed by atoms with Crippen LogP contribution in [0.4, 0.5) is 5.88 Å². The summed E-state index contributed by atoms with van der Waals surface area (Å²) in [5.41, 5.74) is 1.94. The maximum atomic E-state index is 14.0. The number of aromatic nitrogens is 1. The highest BCUT2D eigenvalue weighted by Gasteiger charge is 2.35. The molecule has 4 heterocycles. The van der Waals surface area contributed by atoms with Gasteiger partial charge in [-0.1, -0.05) is 53.8 Å². The smallest absolute Gasteiger partial charge is 0.338 e. The molecule has 0 bridgehead atoms. The molecule has 0 radical (unpaired) electrons. The molecule has 0 N–H and O–H groups in total. The van der Waals surface area contributed by atoms with Crippen LogP contribution in [0.25, 0.3) is 11.8 Å². The number of ether oxygens (including phenoxy) is 3. The lowest BCUT2D eigenvalue weighted by molar-refractivity contribution is -0.138. The van der Waals surface area contributed by atoms with E-state index in [9.17, 15) is 9.59 Å². The molecular formula is C31H29N3O6S. The number of carbonyl (C=O) groups is 1. The molecule has 10 heteroatoms. The molecule has 0 aliphatic carbocycles. The van der Waals surface area contributed by atoms with Gasteiger partial charge in [-0.15, -0.1) is 0 Å². The highest BCUT2D eigenvalue weighted by molar-refractivity contribution is 7.07. The molecule has 6 rings (SSSR count). The van der Waals surface area contributed by atoms with Crippen molar-refractivity contribution in [3.63, 3.8) is 0 Å². The van der Waals surface area contributed by atoms with Crippen LogP contribution in [0.2, 0.25) is 0 Å². The molecule has 2 aromatic heterocycles. The number of morpholine rings is 1. The third-order valence-electron chi connectivity index (χ3n) is 6.99. The molecule has 1 saturated heterocycles. The lowest BCUT2D eigenvalue weighted by atomic mass is 9.93. The Hall–Kier alpha value is -4.41. The number of hydrogen-bond donors (Lipinski definition) is 0. The van der Waals surface area contributed by atoms with Crippen molar-refractivity contribution in [3.8, 4) is 5.75 Å². The van der Waals surface area contributed by atoms with Crippen molar-refractivity contribution in [3.05, 3.63) is 109 Å². The number of rotatable bonds is 7. The summed E-state index contributed by atoms with van der Waals surface area (Å²) < 4.78 is 24.5. The summed E-state index contributed by atoms with van der Waals surface area (Å²) in [6.07, 6.45) is 1.73. The molecule has 2 aromatic carbocycles. The van der Waals surface area contributed by atoms with E-state index in [1.165, 1.54) is 11.3 Å². The molecular weight excluding hydrogens is 542 g/mol. The standard InChI is InChI=1S/C31H29N3O6S/c1-3-39-30(36)26-27(20-8-5-4-6-9-20)32-31-34(28(26)21-10-7-11-22(18-21)37-2)29(35)24(41-31)19-23-12-13-25(40-23)33-14-16-38-17-15-33/h4-13,18-19,28H,3,14-17H2,1-2H3/b24-19-. The van der Waals surface area contributed by atoms with Crippen molar-refractivity contribution in [1.29, 1.82) is 0 Å². The molecule has 1 fully saturated rings. The highest BCUT2D eigenvalue weighted by Crippen LogP contribution is 2.36. The summed E-state index contributed by atoms with van der Waals surface area (Å²) >= 11 is 1.25. The van der Waals surface area contributed by atoms with Crippen molar-refractivity contribution in [2.45, 2.75) is 13.0 Å². The minimum atomic E-state index is -0.779. The van der Waals surface area contributed by atoms with Gasteiger partial charge in [0, 0.05) is 30.8 Å². The molecule has 1 unspecified atom stereocenters. The summed E-state index contributed by atoms with van der Waals surface area (Å²) in [5, 5.41) is 0. The van der Waals surface area contributed by atoms with Crippen LogP contribution >= 0.6 is 11.3 Å². The number of benzene rings is 2. The van der Waals surface area contributed by atoms with Gasteiger partial charge in [0.25, 0.3) is 5.56 Å². The van der Waals surface area contributed by atoms with Gasteiger partial charge in [0.15, 0.2) is 10.7 Å². The third-order valence-corrected chi connectivity index (χ3v) is 7.97. The quantitative estimate of drug-likeness (QED) is 0.314. The number of thiazole rings is 1. The Labute approximate surface area is 240 Å². The van der Waals surface area contributed by atoms with Gasteiger partial charge in [0.1, 0.15) is 11.5 Å². The molecule has 2 aliphatic rings. The molecule has 0 amide bonds. The minimum Gasteiger partial charge on any atom is -0.497 e. The van der Waals surface area contributed by atoms with Crippen LogP contribution in [-0.2, 0) is 14.3 Å². The van der Waals surface area contributed by atoms with E-state index in [0.717, 1.165) is 24.5 Å². The SMILES string of the molecule is CCOC(=O)C1=C(c2ccccc2)N=c2s/c(=C\c3ccc(N4CCOCC4)o3)c(=O)n2C1c1cccc(OC)c1. The van der Waals surface area contributed by atoms with Gasteiger partial charge in [-0.25, -0.2) is 9.79 Å². The highest BCUT2D eigenvalue weighted by atomic mass is 32.1. The summed E-state index contributed by atoms with van der Waals surface area (Å²) in [7, 11) is 1.58. The van der Waals surface area contributed by atoms with E-state index >= 15 is 0 Å². The molecule has 210 valence electrons. The van der Waals surface area contributed by atoms with Gasteiger partial charge in [0.2, 0.25) is 0 Å². The van der Waals surface area contributed by atoms with Crippen LogP contribution in [0.15, 0.2) is 86.5 Å². The summed E-state index contributed by atoms with van der Waals surface area (Å²) in [6, 6.07) is 19.8. The van der Waals surface area contributed by atoms with E-state index in [4.69, 9.17) is 23.6 Å². The van der Waals surface area contributed by atoms with Crippen LogP contribution in [0.5, 0.6) is 5.75 Å². The molecule has 9 nitrogen and oxygen atoms in total. The first-order valence-electron chi connectivity index (χ1n) is 13.4. The van der Waals surface area contributed by atoms with E-state index in [1.807, 2.05) is 66.7 Å². The van der Waals surface area contributed by atoms with Gasteiger partial charge in [0.05, 0.1) is 48.8 Å². The predicted molar refractivity (Wildman–Crippen MR) is 156 cm³/mol. The van der Waals surface area contributed by atoms with Crippen molar-refractivity contribution in [2.24, 2.45) is 4.99 Å². The molecule has 2 aliphatic heterocycles. The number of furan rings is 1. The van der Waals surface area contributed by atoms with Gasteiger partial charge in [-0.05, 0) is 30.7 Å². The summed E-state index contributed by atoms with van der Waals surface area (Å²) in [6.45, 7) is 4.72. The molecule has 0 saturated carbocycles. The Balaban J connectivity index is 1.55.